The van der Waals surface area contributed by atoms with Gasteiger partial charge in [-0.1, -0.05) is 17.7 Å². The fraction of sp³-hybridized carbons (Fsp3) is 0.629. The lowest BCUT2D eigenvalue weighted by molar-refractivity contribution is 0.179. The minimum atomic E-state index is 0.414. The number of piperidine rings is 1. The summed E-state index contributed by atoms with van der Waals surface area (Å²) in [4.78, 5) is 12.9. The standard InChI is InChI=1S/C35H50ClN5O2/c1-38-23-16-28(17-24-38)8-5-22-41-32-10-4-11-33(35(32)37-34(41)27-43-31-14-12-29(36)13-15-31)42-25-7-21-40-20-6-9-30(40)26-39-18-2-3-19-39/h4,10-15,28,30H,2-3,5-9,16-27H2,1H3/t30-/m1/s1. The molecular formula is C35H50ClN5O2. The molecule has 3 aliphatic rings. The maximum Gasteiger partial charge on any atom is 0.148 e. The molecule has 7 nitrogen and oxygen atoms in total. The molecule has 0 amide bonds. The van der Waals surface area contributed by atoms with Gasteiger partial charge in [-0.15, -0.1) is 0 Å². The number of benzene rings is 2. The number of likely N-dealkylation sites (tertiary alicyclic amines) is 3. The van der Waals surface area contributed by atoms with E-state index in [1.54, 1.807) is 0 Å². The molecule has 8 heteroatoms. The van der Waals surface area contributed by atoms with Crippen molar-refractivity contribution in [2.45, 2.75) is 77.0 Å². The highest BCUT2D eigenvalue weighted by molar-refractivity contribution is 6.30. The Bertz CT molecular complexity index is 1280. The van der Waals surface area contributed by atoms with Gasteiger partial charge in [0.15, 0.2) is 0 Å². The second kappa shape index (κ2) is 15.1. The third kappa shape index (κ3) is 8.24. The molecule has 0 radical (unpaired) electrons. The van der Waals surface area contributed by atoms with Gasteiger partial charge in [0, 0.05) is 30.7 Å². The minimum Gasteiger partial charge on any atom is -0.491 e. The number of hydrogen-bond acceptors (Lipinski definition) is 6. The number of aryl methyl sites for hydroxylation is 1. The van der Waals surface area contributed by atoms with E-state index in [9.17, 15) is 0 Å². The van der Waals surface area contributed by atoms with E-state index in [2.05, 4.69) is 44.5 Å². The molecule has 0 bridgehead atoms. The maximum absolute atomic E-state index is 6.43. The largest absolute Gasteiger partial charge is 0.491 e. The smallest absolute Gasteiger partial charge is 0.148 e. The lowest BCUT2D eigenvalue weighted by Gasteiger charge is -2.29. The summed E-state index contributed by atoms with van der Waals surface area (Å²) in [5.41, 5.74) is 2.09. The van der Waals surface area contributed by atoms with Gasteiger partial charge < -0.3 is 23.8 Å². The fourth-order valence-electron chi connectivity index (χ4n) is 7.32. The molecular weight excluding hydrogens is 558 g/mol. The first-order chi connectivity index (χ1) is 21.1. The average Bonchev–Trinajstić information content (AvgIpc) is 3.78. The molecule has 0 unspecified atom stereocenters. The highest BCUT2D eigenvalue weighted by Gasteiger charge is 2.27. The highest BCUT2D eigenvalue weighted by Crippen LogP contribution is 2.29. The van der Waals surface area contributed by atoms with Crippen LogP contribution in [0.2, 0.25) is 5.02 Å². The van der Waals surface area contributed by atoms with Crippen LogP contribution >= 0.6 is 11.6 Å². The average molecular weight is 608 g/mol. The topological polar surface area (TPSA) is 46.0 Å². The van der Waals surface area contributed by atoms with Crippen LogP contribution < -0.4 is 9.47 Å². The Labute approximate surface area is 263 Å². The SMILES string of the molecule is CN1CCC(CCCn2c(COc3ccc(Cl)cc3)nc3c(OCCCN4CCC[C@@H]4CN4CCCC4)cccc32)CC1. The molecule has 3 aromatic rings. The Morgan fingerprint density at radius 3 is 2.49 bits per heavy atom. The number of halogens is 1. The number of aromatic nitrogens is 2. The molecule has 0 saturated carbocycles. The zero-order chi connectivity index (χ0) is 29.4. The number of imidazole rings is 1. The van der Waals surface area contributed by atoms with Crippen molar-refractivity contribution in [3.63, 3.8) is 0 Å². The molecule has 4 heterocycles. The van der Waals surface area contributed by atoms with Crippen molar-refractivity contribution in [3.05, 3.63) is 53.3 Å². The Hall–Kier alpha value is -2.32. The first kappa shape index (κ1) is 30.7. The van der Waals surface area contributed by atoms with Crippen molar-refractivity contribution in [1.82, 2.24) is 24.3 Å². The Morgan fingerprint density at radius 1 is 0.860 bits per heavy atom. The van der Waals surface area contributed by atoms with E-state index >= 15 is 0 Å². The summed E-state index contributed by atoms with van der Waals surface area (Å²) in [5, 5.41) is 0.710. The molecule has 0 aliphatic carbocycles. The van der Waals surface area contributed by atoms with Crippen molar-refractivity contribution >= 4 is 22.6 Å². The molecule has 1 atom stereocenters. The predicted octanol–water partition coefficient (Wildman–Crippen LogP) is 6.72. The van der Waals surface area contributed by atoms with E-state index in [-0.39, 0.29) is 0 Å². The van der Waals surface area contributed by atoms with Gasteiger partial charge in [0.2, 0.25) is 0 Å². The Morgan fingerprint density at radius 2 is 1.67 bits per heavy atom. The van der Waals surface area contributed by atoms with Crippen LogP contribution in [-0.2, 0) is 13.2 Å². The van der Waals surface area contributed by atoms with Gasteiger partial charge in [0.25, 0.3) is 0 Å². The Balaban J connectivity index is 1.09. The predicted molar refractivity (Wildman–Crippen MR) is 175 cm³/mol. The quantitative estimate of drug-likeness (QED) is 0.190. The van der Waals surface area contributed by atoms with Crippen LogP contribution in [0.15, 0.2) is 42.5 Å². The van der Waals surface area contributed by atoms with Crippen LogP contribution in [0, 0.1) is 5.92 Å². The summed E-state index contributed by atoms with van der Waals surface area (Å²) in [6.45, 7) is 10.7. The van der Waals surface area contributed by atoms with E-state index in [0.29, 0.717) is 18.2 Å². The molecule has 3 saturated heterocycles. The molecule has 6 rings (SSSR count). The lowest BCUT2D eigenvalue weighted by Crippen LogP contribution is -2.40. The van der Waals surface area contributed by atoms with E-state index < -0.39 is 0 Å². The third-order valence-electron chi connectivity index (χ3n) is 9.85. The number of hydrogen-bond donors (Lipinski definition) is 0. The van der Waals surface area contributed by atoms with E-state index in [1.165, 1.54) is 84.2 Å². The molecule has 234 valence electrons. The Kier molecular flexibility index (Phi) is 10.8. The van der Waals surface area contributed by atoms with Gasteiger partial charge in [-0.05, 0) is 140 Å². The number of nitrogens with zero attached hydrogens (tertiary/aromatic N) is 5. The summed E-state index contributed by atoms with van der Waals surface area (Å²) in [6, 6.07) is 14.7. The van der Waals surface area contributed by atoms with Crippen LogP contribution in [0.25, 0.3) is 11.0 Å². The van der Waals surface area contributed by atoms with Crippen molar-refractivity contribution < 1.29 is 9.47 Å². The monoisotopic (exact) mass is 607 g/mol. The molecule has 0 spiro atoms. The van der Waals surface area contributed by atoms with Crippen LogP contribution in [0.5, 0.6) is 11.5 Å². The summed E-state index contributed by atoms with van der Waals surface area (Å²) in [7, 11) is 2.24. The van der Waals surface area contributed by atoms with Gasteiger partial charge in [0.05, 0.1) is 12.1 Å². The summed E-state index contributed by atoms with van der Waals surface area (Å²) in [6.07, 6.45) is 11.5. The normalized spacial score (nSPS) is 20.8. The molecule has 3 aliphatic heterocycles. The van der Waals surface area contributed by atoms with Crippen LogP contribution in [0.1, 0.15) is 63.6 Å². The van der Waals surface area contributed by atoms with E-state index in [0.717, 1.165) is 66.2 Å². The number of ether oxygens (including phenoxy) is 2. The summed E-state index contributed by atoms with van der Waals surface area (Å²) in [5.74, 6) is 3.46. The second-order valence-corrected chi connectivity index (χ2v) is 13.4. The van der Waals surface area contributed by atoms with Gasteiger partial charge in [0.1, 0.15) is 29.4 Å². The summed E-state index contributed by atoms with van der Waals surface area (Å²) >= 11 is 6.09. The van der Waals surface area contributed by atoms with Crippen molar-refractivity contribution in [2.24, 2.45) is 5.92 Å². The van der Waals surface area contributed by atoms with E-state index in [1.807, 2.05) is 24.3 Å². The first-order valence-corrected chi connectivity index (χ1v) is 17.1. The fourth-order valence-corrected chi connectivity index (χ4v) is 7.45. The van der Waals surface area contributed by atoms with Gasteiger partial charge in [-0.2, -0.15) is 0 Å². The van der Waals surface area contributed by atoms with Gasteiger partial charge in [-0.25, -0.2) is 4.98 Å². The van der Waals surface area contributed by atoms with Gasteiger partial charge in [-0.3, -0.25) is 4.90 Å². The van der Waals surface area contributed by atoms with Crippen molar-refractivity contribution in [1.29, 1.82) is 0 Å². The zero-order valence-corrected chi connectivity index (χ0v) is 26.8. The molecule has 1 aromatic heterocycles. The van der Waals surface area contributed by atoms with Crippen LogP contribution in [0.4, 0.5) is 0 Å². The molecule has 0 N–H and O–H groups in total. The third-order valence-corrected chi connectivity index (χ3v) is 10.1. The molecule has 2 aromatic carbocycles. The number of fused-ring (bicyclic) bond motifs is 1. The highest BCUT2D eigenvalue weighted by atomic mass is 35.5. The second-order valence-electron chi connectivity index (χ2n) is 13.0. The summed E-state index contributed by atoms with van der Waals surface area (Å²) < 4.78 is 15.0. The van der Waals surface area contributed by atoms with Crippen molar-refractivity contribution in [2.75, 3.05) is 59.5 Å². The lowest BCUT2D eigenvalue weighted by atomic mass is 9.92. The van der Waals surface area contributed by atoms with Crippen LogP contribution in [-0.4, -0.2) is 89.8 Å². The molecule has 43 heavy (non-hydrogen) atoms. The first-order valence-electron chi connectivity index (χ1n) is 16.8. The van der Waals surface area contributed by atoms with Crippen molar-refractivity contribution in [3.8, 4) is 11.5 Å². The number of rotatable bonds is 14. The molecule has 3 fully saturated rings. The maximum atomic E-state index is 6.43. The van der Waals surface area contributed by atoms with Crippen LogP contribution in [0.3, 0.4) is 0 Å². The van der Waals surface area contributed by atoms with E-state index in [4.69, 9.17) is 26.1 Å². The van der Waals surface area contributed by atoms with Gasteiger partial charge >= 0.3 is 0 Å². The minimum absolute atomic E-state index is 0.414. The zero-order valence-electron chi connectivity index (χ0n) is 26.1. The number of para-hydroxylation sites is 1.